The van der Waals surface area contributed by atoms with Crippen molar-refractivity contribution in [1.29, 1.82) is 0 Å². The first-order chi connectivity index (χ1) is 14.9. The number of amides is 1. The Morgan fingerprint density at radius 3 is 2.48 bits per heavy atom. The lowest BCUT2D eigenvalue weighted by molar-refractivity contribution is -0.145. The van der Waals surface area contributed by atoms with Gasteiger partial charge >= 0.3 is 5.97 Å². The molecule has 31 heavy (non-hydrogen) atoms. The molecule has 1 aliphatic rings. The lowest BCUT2D eigenvalue weighted by atomic mass is 10.1. The fourth-order valence-corrected chi connectivity index (χ4v) is 4.53. The van der Waals surface area contributed by atoms with Gasteiger partial charge in [-0.2, -0.15) is 0 Å². The number of thioether (sulfide) groups is 1. The monoisotopic (exact) mass is 455 g/mol. The molecule has 1 fully saturated rings. The van der Waals surface area contributed by atoms with E-state index in [1.165, 1.54) is 10.5 Å². The summed E-state index contributed by atoms with van der Waals surface area (Å²) in [6.07, 6.45) is 3.70. The summed E-state index contributed by atoms with van der Waals surface area (Å²) in [5.41, 5.74) is 3.12. The fourth-order valence-electron chi connectivity index (χ4n) is 3.17. The van der Waals surface area contributed by atoms with Crippen LogP contribution in [-0.4, -0.2) is 32.2 Å². The summed E-state index contributed by atoms with van der Waals surface area (Å²) in [7, 11) is 0. The molecule has 1 heterocycles. The summed E-state index contributed by atoms with van der Waals surface area (Å²) in [5.74, 6) is -0.643. The molecule has 1 unspecified atom stereocenters. The second kappa shape index (κ2) is 10.6. The van der Waals surface area contributed by atoms with Gasteiger partial charge in [-0.3, -0.25) is 9.69 Å². The molecule has 0 radical (unpaired) electrons. The van der Waals surface area contributed by atoms with Crippen LogP contribution in [0.25, 0.3) is 6.08 Å². The average Bonchev–Trinajstić information content (AvgIpc) is 3.02. The van der Waals surface area contributed by atoms with Crippen molar-refractivity contribution in [3.05, 3.63) is 70.1 Å². The topological polar surface area (TPSA) is 66.8 Å². The Kier molecular flexibility index (Phi) is 7.87. The van der Waals surface area contributed by atoms with Crippen LogP contribution in [0.3, 0.4) is 0 Å². The van der Waals surface area contributed by atoms with Gasteiger partial charge in [0.1, 0.15) is 22.7 Å². The molecular weight excluding hydrogens is 430 g/mol. The molecule has 5 nitrogen and oxygen atoms in total. The molecule has 162 valence electrons. The number of hydrogen-bond acceptors (Lipinski definition) is 5. The van der Waals surface area contributed by atoms with Crippen LogP contribution in [0.1, 0.15) is 42.9 Å². The number of ether oxygens (including phenoxy) is 1. The number of benzene rings is 2. The highest BCUT2D eigenvalue weighted by Gasteiger charge is 2.40. The minimum absolute atomic E-state index is 0.290. The van der Waals surface area contributed by atoms with Crippen molar-refractivity contribution >= 4 is 46.3 Å². The average molecular weight is 456 g/mol. The zero-order valence-electron chi connectivity index (χ0n) is 17.5. The van der Waals surface area contributed by atoms with Crippen LogP contribution in [0.5, 0.6) is 5.75 Å². The Hall–Kier alpha value is -2.64. The molecular formula is C24H25NO4S2. The lowest BCUT2D eigenvalue weighted by Gasteiger charge is -2.22. The minimum Gasteiger partial charge on any atom is -0.489 e. The van der Waals surface area contributed by atoms with E-state index in [1.54, 1.807) is 6.08 Å². The number of carboxylic acids is 1. The van der Waals surface area contributed by atoms with Crippen LogP contribution in [0.4, 0.5) is 0 Å². The summed E-state index contributed by atoms with van der Waals surface area (Å²) in [4.78, 5) is 26.2. The quantitative estimate of drug-likeness (QED) is 0.402. The molecule has 0 saturated carbocycles. The Morgan fingerprint density at radius 1 is 1.19 bits per heavy atom. The van der Waals surface area contributed by atoms with E-state index in [2.05, 4.69) is 12.1 Å². The number of aryl methyl sites for hydroxylation is 1. The third-order valence-electron chi connectivity index (χ3n) is 4.96. The summed E-state index contributed by atoms with van der Waals surface area (Å²) in [6, 6.07) is 14.7. The van der Waals surface area contributed by atoms with E-state index in [0.29, 0.717) is 17.9 Å². The second-order valence-electron chi connectivity index (χ2n) is 7.39. The van der Waals surface area contributed by atoms with Crippen LogP contribution in [-0.2, 0) is 16.2 Å². The van der Waals surface area contributed by atoms with Gasteiger partial charge in [-0.25, -0.2) is 4.79 Å². The maximum atomic E-state index is 12.8. The Balaban J connectivity index is 1.67. The van der Waals surface area contributed by atoms with Crippen molar-refractivity contribution < 1.29 is 19.4 Å². The number of thiocarbonyl (C=S) groups is 1. The first-order valence-corrected chi connectivity index (χ1v) is 11.4. The number of carboxylic acid groups (broad SMARTS) is 1. The number of rotatable bonds is 9. The molecule has 3 rings (SSSR count). The summed E-state index contributed by atoms with van der Waals surface area (Å²) in [6.45, 7) is 4.51. The van der Waals surface area contributed by atoms with E-state index in [0.717, 1.165) is 41.5 Å². The Bertz CT molecular complexity index is 984. The van der Waals surface area contributed by atoms with Gasteiger partial charge in [0.25, 0.3) is 5.91 Å². The van der Waals surface area contributed by atoms with Crippen molar-refractivity contribution in [1.82, 2.24) is 4.90 Å². The first kappa shape index (κ1) is 23.0. The summed E-state index contributed by atoms with van der Waals surface area (Å²) < 4.78 is 6.11. The molecule has 1 N–H and O–H groups in total. The molecule has 1 atom stereocenters. The van der Waals surface area contributed by atoms with Crippen LogP contribution >= 0.6 is 24.0 Å². The van der Waals surface area contributed by atoms with Crippen molar-refractivity contribution in [3.8, 4) is 5.75 Å². The molecule has 0 aromatic heterocycles. The van der Waals surface area contributed by atoms with Crippen molar-refractivity contribution in [2.45, 2.75) is 45.8 Å². The van der Waals surface area contributed by atoms with Crippen LogP contribution in [0, 0.1) is 6.92 Å². The van der Waals surface area contributed by atoms with E-state index in [1.807, 2.05) is 50.2 Å². The maximum Gasteiger partial charge on any atom is 0.326 e. The van der Waals surface area contributed by atoms with Gasteiger partial charge in [-0.15, -0.1) is 0 Å². The van der Waals surface area contributed by atoms with Gasteiger partial charge in [0, 0.05) is 0 Å². The highest BCUT2D eigenvalue weighted by Crippen LogP contribution is 2.35. The number of aliphatic carboxylic acids is 1. The van der Waals surface area contributed by atoms with Gasteiger partial charge in [0.05, 0.1) is 4.91 Å². The van der Waals surface area contributed by atoms with E-state index < -0.39 is 12.0 Å². The Morgan fingerprint density at radius 2 is 1.87 bits per heavy atom. The van der Waals surface area contributed by atoms with E-state index >= 15 is 0 Å². The SMILES string of the molecule is CCCCC(C(=O)O)N1C(=O)C(=Cc2ccc(OCc3ccc(C)cc3)cc2)SC1=S. The van der Waals surface area contributed by atoms with Crippen LogP contribution in [0.2, 0.25) is 0 Å². The Labute approximate surface area is 192 Å². The van der Waals surface area contributed by atoms with E-state index in [9.17, 15) is 14.7 Å². The molecule has 7 heteroatoms. The van der Waals surface area contributed by atoms with Crippen LogP contribution < -0.4 is 4.74 Å². The van der Waals surface area contributed by atoms with Crippen LogP contribution in [0.15, 0.2) is 53.4 Å². The molecule has 2 aromatic carbocycles. The predicted octanol–water partition coefficient (Wildman–Crippen LogP) is 5.42. The maximum absolute atomic E-state index is 12.8. The van der Waals surface area contributed by atoms with E-state index in [4.69, 9.17) is 17.0 Å². The second-order valence-corrected chi connectivity index (χ2v) is 9.07. The van der Waals surface area contributed by atoms with E-state index in [-0.39, 0.29) is 10.2 Å². The van der Waals surface area contributed by atoms with Gasteiger partial charge in [0.2, 0.25) is 0 Å². The predicted molar refractivity (Wildman–Crippen MR) is 128 cm³/mol. The fraction of sp³-hybridized carbons (Fsp3) is 0.292. The van der Waals surface area contributed by atoms with Gasteiger partial charge in [-0.05, 0) is 42.7 Å². The third kappa shape index (κ3) is 5.95. The number of carbonyl (C=O) groups excluding carboxylic acids is 1. The number of nitrogens with zero attached hydrogens (tertiary/aromatic N) is 1. The van der Waals surface area contributed by atoms with Crippen molar-refractivity contribution in [2.24, 2.45) is 0 Å². The zero-order valence-corrected chi connectivity index (χ0v) is 19.2. The lowest BCUT2D eigenvalue weighted by Crippen LogP contribution is -2.43. The number of unbranched alkanes of at least 4 members (excludes halogenated alkanes) is 1. The minimum atomic E-state index is -1.03. The van der Waals surface area contributed by atoms with Crippen molar-refractivity contribution in [3.63, 3.8) is 0 Å². The van der Waals surface area contributed by atoms with Gasteiger partial charge in [-0.1, -0.05) is 85.7 Å². The number of carbonyl (C=O) groups is 2. The normalized spacial score (nSPS) is 16.1. The van der Waals surface area contributed by atoms with Gasteiger partial charge < -0.3 is 9.84 Å². The molecule has 0 bridgehead atoms. The zero-order chi connectivity index (χ0) is 22.4. The highest BCUT2D eigenvalue weighted by molar-refractivity contribution is 8.26. The molecule has 1 saturated heterocycles. The highest BCUT2D eigenvalue weighted by atomic mass is 32.2. The summed E-state index contributed by atoms with van der Waals surface area (Å²) in [5, 5.41) is 9.55. The first-order valence-electron chi connectivity index (χ1n) is 10.2. The third-order valence-corrected chi connectivity index (χ3v) is 6.29. The number of hydrogen-bond donors (Lipinski definition) is 1. The van der Waals surface area contributed by atoms with Crippen molar-refractivity contribution in [2.75, 3.05) is 0 Å². The molecule has 2 aromatic rings. The summed E-state index contributed by atoms with van der Waals surface area (Å²) >= 11 is 6.45. The smallest absolute Gasteiger partial charge is 0.326 e. The molecule has 1 amide bonds. The molecule has 0 spiro atoms. The van der Waals surface area contributed by atoms with Gasteiger partial charge in [0.15, 0.2) is 0 Å². The standard InChI is InChI=1S/C24H25NO4S2/c1-3-4-5-20(23(27)28)25-22(26)21(31-24(25)30)14-17-10-12-19(13-11-17)29-15-18-8-6-16(2)7-9-18/h6-14,20H,3-5,15H2,1-2H3,(H,27,28). The molecule has 1 aliphatic heterocycles. The molecule has 0 aliphatic carbocycles. The largest absolute Gasteiger partial charge is 0.489 e.